The van der Waals surface area contributed by atoms with Crippen molar-refractivity contribution in [2.75, 3.05) is 7.11 Å². The van der Waals surface area contributed by atoms with Gasteiger partial charge in [0.1, 0.15) is 0 Å². The molecule has 1 rings (SSSR count). The number of carbonyl (C=O) groups excluding carboxylic acids is 1. The van der Waals surface area contributed by atoms with Crippen LogP contribution in [0.4, 0.5) is 0 Å². The Morgan fingerprint density at radius 2 is 2.31 bits per heavy atom. The molecular formula is C8H13N3O2. The highest BCUT2D eigenvalue weighted by Crippen LogP contribution is 2.18. The summed E-state index contributed by atoms with van der Waals surface area (Å²) in [6.45, 7) is 4.08. The molecule has 0 radical (unpaired) electrons. The maximum absolute atomic E-state index is 11.3. The summed E-state index contributed by atoms with van der Waals surface area (Å²) in [5.41, 5.74) is -0.567. The van der Waals surface area contributed by atoms with Crippen LogP contribution in [0.25, 0.3) is 0 Å². The zero-order valence-electron chi connectivity index (χ0n) is 8.02. The fraction of sp³-hybridized carbons (Fsp3) is 0.625. The zero-order chi connectivity index (χ0) is 9.90. The molecule has 1 aromatic rings. The Morgan fingerprint density at radius 1 is 1.62 bits per heavy atom. The van der Waals surface area contributed by atoms with E-state index in [2.05, 4.69) is 15.0 Å². The quantitative estimate of drug-likeness (QED) is 0.639. The molecular weight excluding hydrogens is 170 g/mol. The van der Waals surface area contributed by atoms with Gasteiger partial charge in [-0.1, -0.05) is 5.21 Å². The van der Waals surface area contributed by atoms with E-state index < -0.39 is 5.41 Å². The van der Waals surface area contributed by atoms with Crippen molar-refractivity contribution in [3.8, 4) is 0 Å². The lowest BCUT2D eigenvalue weighted by Gasteiger charge is -2.20. The van der Waals surface area contributed by atoms with Gasteiger partial charge in [0.25, 0.3) is 0 Å². The molecule has 5 nitrogen and oxygen atoms in total. The zero-order valence-corrected chi connectivity index (χ0v) is 8.02. The predicted octanol–water partition coefficient (Wildman–Crippen LogP) is 0.477. The van der Waals surface area contributed by atoms with Gasteiger partial charge in [0.15, 0.2) is 0 Å². The van der Waals surface area contributed by atoms with Crippen molar-refractivity contribution in [1.29, 1.82) is 0 Å². The summed E-state index contributed by atoms with van der Waals surface area (Å²) in [6.07, 6.45) is 3.29. The average Bonchev–Trinajstić information content (AvgIpc) is 2.54. The van der Waals surface area contributed by atoms with E-state index in [0.29, 0.717) is 6.54 Å². The summed E-state index contributed by atoms with van der Waals surface area (Å²) in [4.78, 5) is 11.3. The van der Waals surface area contributed by atoms with Crippen LogP contribution >= 0.6 is 0 Å². The van der Waals surface area contributed by atoms with Crippen molar-refractivity contribution < 1.29 is 9.53 Å². The third-order valence-corrected chi connectivity index (χ3v) is 1.77. The van der Waals surface area contributed by atoms with Crippen LogP contribution in [-0.4, -0.2) is 28.1 Å². The highest BCUT2D eigenvalue weighted by molar-refractivity contribution is 5.75. The second-order valence-corrected chi connectivity index (χ2v) is 3.48. The summed E-state index contributed by atoms with van der Waals surface area (Å²) in [5, 5.41) is 7.43. The highest BCUT2D eigenvalue weighted by Gasteiger charge is 2.29. The van der Waals surface area contributed by atoms with Crippen molar-refractivity contribution in [3.05, 3.63) is 12.4 Å². The fourth-order valence-electron chi connectivity index (χ4n) is 1.06. The topological polar surface area (TPSA) is 57.0 Å². The minimum Gasteiger partial charge on any atom is -0.469 e. The van der Waals surface area contributed by atoms with Gasteiger partial charge in [0.05, 0.1) is 25.3 Å². The molecule has 0 bridgehead atoms. The van der Waals surface area contributed by atoms with Crippen molar-refractivity contribution >= 4 is 5.97 Å². The standard InChI is InChI=1S/C8H13N3O2/c1-8(2,7(12)13-3)6-11-5-4-9-10-11/h4-5H,6H2,1-3H3. The Morgan fingerprint density at radius 3 is 2.77 bits per heavy atom. The number of aromatic nitrogens is 3. The van der Waals surface area contributed by atoms with Gasteiger partial charge in [-0.2, -0.15) is 0 Å². The van der Waals surface area contributed by atoms with Crippen LogP contribution in [0.1, 0.15) is 13.8 Å². The van der Waals surface area contributed by atoms with Crippen molar-refractivity contribution in [3.63, 3.8) is 0 Å². The van der Waals surface area contributed by atoms with Crippen LogP contribution in [0.5, 0.6) is 0 Å². The third kappa shape index (κ3) is 2.27. The normalized spacial score (nSPS) is 11.3. The summed E-state index contributed by atoms with van der Waals surface area (Å²) in [6, 6.07) is 0. The second kappa shape index (κ2) is 3.55. The van der Waals surface area contributed by atoms with Gasteiger partial charge in [0, 0.05) is 6.20 Å². The molecule has 0 aromatic carbocycles. The molecule has 5 heteroatoms. The summed E-state index contributed by atoms with van der Waals surface area (Å²) >= 11 is 0. The number of nitrogens with zero attached hydrogens (tertiary/aromatic N) is 3. The first-order valence-corrected chi connectivity index (χ1v) is 3.99. The molecule has 0 aliphatic heterocycles. The van der Waals surface area contributed by atoms with Crippen LogP contribution in [0.15, 0.2) is 12.4 Å². The van der Waals surface area contributed by atoms with E-state index in [9.17, 15) is 4.79 Å². The van der Waals surface area contributed by atoms with Gasteiger partial charge in [-0.15, -0.1) is 5.10 Å². The molecule has 0 saturated heterocycles. The predicted molar refractivity (Wildman–Crippen MR) is 45.8 cm³/mol. The smallest absolute Gasteiger partial charge is 0.313 e. The molecule has 0 N–H and O–H groups in total. The van der Waals surface area contributed by atoms with Crippen molar-refractivity contribution in [2.24, 2.45) is 5.41 Å². The molecule has 0 atom stereocenters. The van der Waals surface area contributed by atoms with Gasteiger partial charge in [-0.25, -0.2) is 0 Å². The average molecular weight is 183 g/mol. The number of rotatable bonds is 3. The summed E-state index contributed by atoms with van der Waals surface area (Å²) < 4.78 is 6.27. The highest BCUT2D eigenvalue weighted by atomic mass is 16.5. The lowest BCUT2D eigenvalue weighted by Crippen LogP contribution is -2.30. The minimum atomic E-state index is -0.567. The fourth-order valence-corrected chi connectivity index (χ4v) is 1.06. The summed E-state index contributed by atoms with van der Waals surface area (Å²) in [5.74, 6) is -0.247. The first-order chi connectivity index (χ1) is 6.06. The first kappa shape index (κ1) is 9.70. The van der Waals surface area contributed by atoms with Crippen LogP contribution in [0, 0.1) is 5.41 Å². The second-order valence-electron chi connectivity index (χ2n) is 3.48. The molecule has 1 aromatic heterocycles. The summed E-state index contributed by atoms with van der Waals surface area (Å²) in [7, 11) is 1.38. The van der Waals surface area contributed by atoms with Gasteiger partial charge in [0.2, 0.25) is 0 Å². The van der Waals surface area contributed by atoms with E-state index >= 15 is 0 Å². The Bertz CT molecular complexity index is 280. The maximum atomic E-state index is 11.3. The number of ether oxygens (including phenoxy) is 1. The number of hydrogen-bond donors (Lipinski definition) is 0. The largest absolute Gasteiger partial charge is 0.469 e. The van der Waals surface area contributed by atoms with Crippen LogP contribution < -0.4 is 0 Å². The molecule has 0 aliphatic rings. The number of carbonyl (C=O) groups is 1. The molecule has 0 amide bonds. The Hall–Kier alpha value is -1.39. The van der Waals surface area contributed by atoms with Crippen LogP contribution in [0.2, 0.25) is 0 Å². The monoisotopic (exact) mass is 183 g/mol. The number of methoxy groups -OCH3 is 1. The van der Waals surface area contributed by atoms with E-state index in [1.165, 1.54) is 7.11 Å². The van der Waals surface area contributed by atoms with Gasteiger partial charge in [-0.3, -0.25) is 9.48 Å². The molecule has 0 aliphatic carbocycles. The molecule has 0 fully saturated rings. The molecule has 1 heterocycles. The van der Waals surface area contributed by atoms with Gasteiger partial charge < -0.3 is 4.74 Å². The van der Waals surface area contributed by atoms with Gasteiger partial charge in [-0.05, 0) is 13.8 Å². The Balaban J connectivity index is 2.67. The van der Waals surface area contributed by atoms with Crippen molar-refractivity contribution in [1.82, 2.24) is 15.0 Å². The van der Waals surface area contributed by atoms with Crippen LogP contribution in [-0.2, 0) is 16.1 Å². The van der Waals surface area contributed by atoms with E-state index in [-0.39, 0.29) is 5.97 Å². The molecule has 0 unspecified atom stereocenters. The Labute approximate surface area is 76.7 Å². The van der Waals surface area contributed by atoms with Gasteiger partial charge >= 0.3 is 5.97 Å². The maximum Gasteiger partial charge on any atom is 0.313 e. The minimum absolute atomic E-state index is 0.247. The first-order valence-electron chi connectivity index (χ1n) is 3.99. The lowest BCUT2D eigenvalue weighted by molar-refractivity contribution is -0.151. The van der Waals surface area contributed by atoms with E-state index in [4.69, 9.17) is 0 Å². The van der Waals surface area contributed by atoms with Crippen LogP contribution in [0.3, 0.4) is 0 Å². The Kier molecular flexibility index (Phi) is 2.65. The molecule has 72 valence electrons. The molecule has 0 saturated carbocycles. The molecule has 13 heavy (non-hydrogen) atoms. The van der Waals surface area contributed by atoms with Crippen molar-refractivity contribution in [2.45, 2.75) is 20.4 Å². The number of hydrogen-bond acceptors (Lipinski definition) is 4. The SMILES string of the molecule is COC(=O)C(C)(C)Cn1ccnn1. The number of esters is 1. The lowest BCUT2D eigenvalue weighted by atomic mass is 9.94. The van der Waals surface area contributed by atoms with E-state index in [1.54, 1.807) is 30.9 Å². The third-order valence-electron chi connectivity index (χ3n) is 1.77. The van der Waals surface area contributed by atoms with E-state index in [0.717, 1.165) is 0 Å². The molecule has 0 spiro atoms. The van der Waals surface area contributed by atoms with E-state index in [1.807, 2.05) is 0 Å².